The van der Waals surface area contributed by atoms with Crippen molar-refractivity contribution in [1.82, 2.24) is 0 Å². The maximum absolute atomic E-state index is 12.5. The fourth-order valence-electron chi connectivity index (χ4n) is 6.36. The van der Waals surface area contributed by atoms with Crippen LogP contribution in [0.4, 0.5) is 0 Å². The third-order valence-electron chi connectivity index (χ3n) is 10.1. The molecule has 366 valence electrons. The van der Waals surface area contributed by atoms with Gasteiger partial charge >= 0.3 is 11.9 Å². The smallest absolute Gasteiger partial charge is 0.336 e. The molecule has 0 saturated carbocycles. The van der Waals surface area contributed by atoms with Gasteiger partial charge in [0.05, 0.1) is 6.42 Å². The molecule has 0 spiro atoms. The normalized spacial score (nSPS) is 12.8. The van der Waals surface area contributed by atoms with Gasteiger partial charge in [-0.05, 0) is 73.2 Å². The Morgan fingerprint density at radius 2 is 0.725 bits per heavy atom. The summed E-state index contributed by atoms with van der Waals surface area (Å²) in [7, 11) is 0. The number of carbonyl (C=O) groups excluding carboxylic acids is 4. The maximum Gasteiger partial charge on any atom is 0.336 e. The molecular weight excluding hydrogens is 861 g/mol. The topological polar surface area (TPSA) is 127 Å². The molecule has 0 aliphatic heterocycles. The summed E-state index contributed by atoms with van der Waals surface area (Å²) in [5.74, 6) is -3.01. The molecule has 0 aromatic heterocycles. The molecule has 0 amide bonds. The molecule has 0 bridgehead atoms. The van der Waals surface area contributed by atoms with Crippen molar-refractivity contribution in [2.75, 3.05) is 0 Å². The van der Waals surface area contributed by atoms with E-state index >= 15 is 0 Å². The number of hydrogen-bond acceptors (Lipinski definition) is 8. The zero-order valence-corrected chi connectivity index (χ0v) is 40.8. The van der Waals surface area contributed by atoms with E-state index in [1.54, 1.807) is 36.4 Å². The third-order valence-corrected chi connectivity index (χ3v) is 10.1. The number of benzene rings is 2. The molecule has 2 rings (SSSR count). The number of ether oxygens (including phenoxy) is 2. The zero-order chi connectivity index (χ0) is 49.8. The Bertz CT molecular complexity index is 2230. The van der Waals surface area contributed by atoms with Crippen LogP contribution in [0.3, 0.4) is 0 Å². The molecule has 2 aromatic carbocycles. The lowest BCUT2D eigenvalue weighted by Gasteiger charge is -2.05. The minimum atomic E-state index is -0.680. The van der Waals surface area contributed by atoms with Crippen molar-refractivity contribution in [3.05, 3.63) is 193 Å². The number of phenols is 2. The van der Waals surface area contributed by atoms with Crippen molar-refractivity contribution in [2.45, 2.75) is 123 Å². The van der Waals surface area contributed by atoms with Crippen LogP contribution >= 0.6 is 0 Å². The molecule has 8 nitrogen and oxygen atoms in total. The van der Waals surface area contributed by atoms with Gasteiger partial charge in [-0.25, -0.2) is 9.59 Å². The van der Waals surface area contributed by atoms with Crippen molar-refractivity contribution >= 4 is 35.7 Å². The van der Waals surface area contributed by atoms with Gasteiger partial charge in [0.2, 0.25) is 0 Å². The van der Waals surface area contributed by atoms with Crippen LogP contribution in [0.1, 0.15) is 134 Å². The molecule has 2 N–H and O–H groups in total. The molecule has 0 atom stereocenters. The summed E-state index contributed by atoms with van der Waals surface area (Å²) in [6.45, 7) is 4.48. The van der Waals surface area contributed by atoms with Crippen molar-refractivity contribution in [3.8, 4) is 23.0 Å². The number of allylic oxidation sites excluding steroid dienone is 22. The number of hydrogen-bond donors (Lipinski definition) is 2. The first-order valence-electron chi connectivity index (χ1n) is 24.6. The number of unbranched alkanes of at least 4 members (excludes halogenated alkanes) is 14. The van der Waals surface area contributed by atoms with E-state index in [1.165, 1.54) is 163 Å². The Morgan fingerprint density at radius 3 is 1.07 bits per heavy atom. The summed E-state index contributed by atoms with van der Waals surface area (Å²) in [6.07, 6.45) is 65.6. The van der Waals surface area contributed by atoms with Crippen LogP contribution in [-0.2, 0) is 19.2 Å². The minimum Gasteiger partial charge on any atom is -0.504 e. The summed E-state index contributed by atoms with van der Waals surface area (Å²) in [5, 5.41) is 20.8. The fraction of sp³-hybridized carbons (Fsp3) is 0.311. The highest BCUT2D eigenvalue weighted by molar-refractivity contribution is 6.11. The quantitative estimate of drug-likeness (QED) is 0.0175. The van der Waals surface area contributed by atoms with Gasteiger partial charge in [-0.2, -0.15) is 0 Å². The first kappa shape index (κ1) is 58.1. The molecule has 69 heavy (non-hydrogen) atoms. The number of ketones is 2. The summed E-state index contributed by atoms with van der Waals surface area (Å²) in [6, 6.07) is 8.56. The Kier molecular flexibility index (Phi) is 33.7. The maximum atomic E-state index is 12.5. The third kappa shape index (κ3) is 32.3. The molecule has 0 heterocycles. The summed E-state index contributed by atoms with van der Waals surface area (Å²) >= 11 is 0. The van der Waals surface area contributed by atoms with Gasteiger partial charge in [0.1, 0.15) is 0 Å². The number of aromatic hydroxyl groups is 2. The number of carbonyl (C=O) groups is 4. The van der Waals surface area contributed by atoms with E-state index < -0.39 is 29.9 Å². The lowest BCUT2D eigenvalue weighted by Crippen LogP contribution is -2.04. The number of phenolic OH excluding ortho intramolecular Hbond substituents is 2. The van der Waals surface area contributed by atoms with E-state index in [9.17, 15) is 29.4 Å². The second-order valence-electron chi connectivity index (χ2n) is 16.2. The number of esters is 2. The van der Waals surface area contributed by atoms with Gasteiger partial charge in [0.15, 0.2) is 34.6 Å². The van der Waals surface area contributed by atoms with Crippen molar-refractivity contribution < 1.29 is 38.9 Å². The first-order valence-corrected chi connectivity index (χ1v) is 24.6. The molecule has 8 heteroatoms. The molecule has 0 radical (unpaired) electrons. The van der Waals surface area contributed by atoms with E-state index in [0.717, 1.165) is 12.8 Å². The van der Waals surface area contributed by atoms with Crippen molar-refractivity contribution in [2.24, 2.45) is 0 Å². The monoisotopic (exact) mass is 935 g/mol. The van der Waals surface area contributed by atoms with Gasteiger partial charge in [-0.3, -0.25) is 9.59 Å². The molecule has 2 aromatic rings. The van der Waals surface area contributed by atoms with Crippen LogP contribution in [0, 0.1) is 0 Å². The summed E-state index contributed by atoms with van der Waals surface area (Å²) < 4.78 is 10.4. The van der Waals surface area contributed by atoms with E-state index in [1.807, 2.05) is 60.8 Å². The number of rotatable bonds is 35. The molecule has 0 unspecified atom stereocenters. The van der Waals surface area contributed by atoms with Crippen LogP contribution < -0.4 is 9.47 Å². The Morgan fingerprint density at radius 1 is 0.406 bits per heavy atom. The first-order chi connectivity index (χ1) is 33.7. The van der Waals surface area contributed by atoms with E-state index in [2.05, 4.69) is 38.2 Å². The van der Waals surface area contributed by atoms with Gasteiger partial charge in [0.25, 0.3) is 0 Å². The predicted octanol–water partition coefficient (Wildman–Crippen LogP) is 15.6. The van der Waals surface area contributed by atoms with Crippen LogP contribution in [0.25, 0.3) is 12.2 Å². The summed E-state index contributed by atoms with van der Waals surface area (Å²) in [5.41, 5.74) is 0.900. The highest BCUT2D eigenvalue weighted by Gasteiger charge is 2.09. The summed E-state index contributed by atoms with van der Waals surface area (Å²) in [4.78, 5) is 49.4. The van der Waals surface area contributed by atoms with E-state index in [4.69, 9.17) is 9.47 Å². The molecule has 0 saturated heterocycles. The Hall–Kier alpha value is -7.06. The average molecular weight is 935 g/mol. The zero-order valence-electron chi connectivity index (χ0n) is 40.8. The van der Waals surface area contributed by atoms with Crippen LogP contribution in [0.15, 0.2) is 182 Å². The Labute approximate surface area is 412 Å². The highest BCUT2D eigenvalue weighted by Crippen LogP contribution is 2.29. The van der Waals surface area contributed by atoms with Crippen LogP contribution in [-0.4, -0.2) is 33.7 Å². The van der Waals surface area contributed by atoms with E-state index in [0.29, 0.717) is 11.1 Å². The molecule has 0 fully saturated rings. The minimum absolute atomic E-state index is 0.0480. The predicted molar refractivity (Wildman–Crippen MR) is 286 cm³/mol. The molecular formula is C61H74O8. The standard InChI is InChI=1S/C61H74O8/c1-3-5-7-9-11-13-15-17-19-21-22-24-26-28-30-32-34-36-38-40-61(67)69-59-48-44-53(50-57(59)65)42-46-55(63)51-54(62)45-41-52-43-47-58(56(64)49-52)68-60(66)39-37-35-33-31-29-27-25-23-20-18-16-14-12-10-8-6-4-2/h19-50,64-65H,3-18,51H2,1-2H3. The largest absolute Gasteiger partial charge is 0.504 e. The Balaban J connectivity index is 1.68. The second-order valence-corrected chi connectivity index (χ2v) is 16.2. The molecule has 0 aliphatic rings. The second kappa shape index (κ2) is 40.0. The van der Waals surface area contributed by atoms with Crippen molar-refractivity contribution in [1.29, 1.82) is 0 Å². The van der Waals surface area contributed by atoms with Gasteiger partial charge in [-0.15, -0.1) is 0 Å². The molecule has 0 aliphatic carbocycles. The van der Waals surface area contributed by atoms with Gasteiger partial charge in [-0.1, -0.05) is 237 Å². The lowest BCUT2D eigenvalue weighted by molar-refractivity contribution is -0.130. The highest BCUT2D eigenvalue weighted by atomic mass is 16.5. The SMILES string of the molecule is CCCCCCCCCC=CC=CC=CC=CC=CC=CC(=O)Oc1ccc(C=CC(=O)CC(=O)C=Cc2ccc(OC(=O)C=CC=CC=CC=CC=CCCCCCCCCC)c(O)c2)cc1O. The van der Waals surface area contributed by atoms with Gasteiger partial charge < -0.3 is 19.7 Å². The van der Waals surface area contributed by atoms with Crippen LogP contribution in [0.5, 0.6) is 23.0 Å². The van der Waals surface area contributed by atoms with Crippen LogP contribution in [0.2, 0.25) is 0 Å². The van der Waals surface area contributed by atoms with Crippen molar-refractivity contribution in [3.63, 3.8) is 0 Å². The van der Waals surface area contributed by atoms with Gasteiger partial charge in [0, 0.05) is 12.2 Å². The fourth-order valence-corrected chi connectivity index (χ4v) is 6.36. The average Bonchev–Trinajstić information content (AvgIpc) is 3.33. The lowest BCUT2D eigenvalue weighted by atomic mass is 10.1. The van der Waals surface area contributed by atoms with E-state index in [-0.39, 0.29) is 23.0 Å².